The van der Waals surface area contributed by atoms with Crippen LogP contribution in [0.25, 0.3) is 0 Å². The molecule has 0 aromatic heterocycles. The van der Waals surface area contributed by atoms with E-state index >= 15 is 0 Å². The molecular formula is C14H11NO3. The van der Waals surface area contributed by atoms with Gasteiger partial charge < -0.3 is 5.11 Å². The summed E-state index contributed by atoms with van der Waals surface area (Å²) in [5.74, 6) is 4.27. The van der Waals surface area contributed by atoms with E-state index in [-0.39, 0.29) is 25.0 Å². The summed E-state index contributed by atoms with van der Waals surface area (Å²) in [4.78, 5) is 21.9. The summed E-state index contributed by atoms with van der Waals surface area (Å²) in [6.07, 6.45) is -0.00333. The number of hydrogen-bond donors (Lipinski definition) is 1. The van der Waals surface area contributed by atoms with Crippen molar-refractivity contribution in [2.75, 3.05) is 0 Å². The number of benzene rings is 1. The lowest BCUT2D eigenvalue weighted by molar-refractivity contribution is -0.136. The first-order valence-corrected chi connectivity index (χ1v) is 5.34. The second-order valence-corrected chi connectivity index (χ2v) is 3.53. The van der Waals surface area contributed by atoms with Crippen LogP contribution >= 0.6 is 0 Å². The predicted molar refractivity (Wildman–Crippen MR) is 64.8 cm³/mol. The summed E-state index contributed by atoms with van der Waals surface area (Å²) in [5.41, 5.74) is 1.20. The number of carbonyl (C=O) groups is 2. The average molecular weight is 241 g/mol. The highest BCUT2D eigenvalue weighted by Gasteiger charge is 2.07. The standard InChI is InChI=1S/C14H11NO3/c15-10-2-1-3-11-4-6-12(7-5-11)13(16)8-9-14(17)18/h4-7H,2,8-9H2,(H,17,18). The Kier molecular flexibility index (Phi) is 5.15. The molecule has 1 N–H and O–H groups in total. The zero-order valence-electron chi connectivity index (χ0n) is 9.64. The van der Waals surface area contributed by atoms with Gasteiger partial charge in [0.2, 0.25) is 0 Å². The van der Waals surface area contributed by atoms with E-state index in [2.05, 4.69) is 11.8 Å². The number of hydrogen-bond acceptors (Lipinski definition) is 3. The van der Waals surface area contributed by atoms with Gasteiger partial charge in [0.15, 0.2) is 5.78 Å². The van der Waals surface area contributed by atoms with Crippen molar-refractivity contribution in [3.63, 3.8) is 0 Å². The normalized spacial score (nSPS) is 8.83. The van der Waals surface area contributed by atoms with E-state index in [0.717, 1.165) is 5.56 Å². The van der Waals surface area contributed by atoms with Crippen LogP contribution < -0.4 is 0 Å². The van der Waals surface area contributed by atoms with Crippen molar-refractivity contribution in [1.82, 2.24) is 0 Å². The Morgan fingerprint density at radius 2 is 1.83 bits per heavy atom. The number of nitriles is 1. The first-order valence-electron chi connectivity index (χ1n) is 5.34. The van der Waals surface area contributed by atoms with Crippen LogP contribution in [0.3, 0.4) is 0 Å². The minimum atomic E-state index is -0.984. The third kappa shape index (κ3) is 4.51. The second-order valence-electron chi connectivity index (χ2n) is 3.53. The third-order valence-electron chi connectivity index (χ3n) is 2.17. The zero-order valence-corrected chi connectivity index (χ0v) is 9.64. The van der Waals surface area contributed by atoms with Gasteiger partial charge in [-0.1, -0.05) is 24.0 Å². The Morgan fingerprint density at radius 1 is 1.17 bits per heavy atom. The number of carboxylic acids is 1. The monoisotopic (exact) mass is 241 g/mol. The van der Waals surface area contributed by atoms with Gasteiger partial charge >= 0.3 is 5.97 Å². The van der Waals surface area contributed by atoms with Crippen molar-refractivity contribution in [2.24, 2.45) is 0 Å². The molecule has 0 atom stereocenters. The quantitative estimate of drug-likeness (QED) is 0.646. The lowest BCUT2D eigenvalue weighted by atomic mass is 10.0. The highest BCUT2D eigenvalue weighted by molar-refractivity contribution is 5.97. The summed E-state index contributed by atoms with van der Waals surface area (Å²) >= 11 is 0. The minimum absolute atomic E-state index is 0.00517. The molecule has 1 rings (SSSR count). The van der Waals surface area contributed by atoms with Crippen molar-refractivity contribution in [1.29, 1.82) is 5.26 Å². The number of ketones is 1. The van der Waals surface area contributed by atoms with Crippen molar-refractivity contribution in [3.8, 4) is 17.9 Å². The molecule has 0 amide bonds. The van der Waals surface area contributed by atoms with E-state index in [9.17, 15) is 9.59 Å². The summed E-state index contributed by atoms with van der Waals surface area (Å²) < 4.78 is 0. The van der Waals surface area contributed by atoms with Crippen LogP contribution in [0.1, 0.15) is 35.2 Å². The van der Waals surface area contributed by atoms with Gasteiger partial charge in [-0.2, -0.15) is 5.26 Å². The van der Waals surface area contributed by atoms with Crippen molar-refractivity contribution in [3.05, 3.63) is 35.4 Å². The molecule has 0 heterocycles. The minimum Gasteiger partial charge on any atom is -0.481 e. The molecule has 4 heteroatoms. The van der Waals surface area contributed by atoms with Crippen LogP contribution in [0.15, 0.2) is 24.3 Å². The molecule has 0 saturated heterocycles. The highest BCUT2D eigenvalue weighted by atomic mass is 16.4. The van der Waals surface area contributed by atoms with E-state index in [1.807, 2.05) is 6.07 Å². The lowest BCUT2D eigenvalue weighted by Crippen LogP contribution is -2.03. The maximum Gasteiger partial charge on any atom is 0.303 e. The molecule has 0 unspecified atom stereocenters. The van der Waals surface area contributed by atoms with Crippen LogP contribution in [-0.4, -0.2) is 16.9 Å². The van der Waals surface area contributed by atoms with E-state index in [1.165, 1.54) is 0 Å². The SMILES string of the molecule is N#CCC#Cc1ccc(C(=O)CCC(=O)O)cc1. The lowest BCUT2D eigenvalue weighted by Gasteiger charge is -1.99. The Bertz CT molecular complexity index is 541. The Hall–Kier alpha value is -2.59. The summed E-state index contributed by atoms with van der Waals surface area (Å²) in [7, 11) is 0. The van der Waals surface area contributed by atoms with Gasteiger partial charge in [-0.25, -0.2) is 0 Å². The second kappa shape index (κ2) is 6.88. The van der Waals surface area contributed by atoms with Gasteiger partial charge in [-0.3, -0.25) is 9.59 Å². The molecule has 1 aromatic rings. The molecule has 0 spiro atoms. The molecular weight excluding hydrogens is 230 g/mol. The predicted octanol–water partition coefficient (Wildman–Crippen LogP) is 2.00. The molecule has 0 aliphatic carbocycles. The zero-order chi connectivity index (χ0) is 13.4. The molecule has 4 nitrogen and oxygen atoms in total. The molecule has 90 valence electrons. The number of carbonyl (C=O) groups excluding carboxylic acids is 1. The fraction of sp³-hybridized carbons (Fsp3) is 0.214. The van der Waals surface area contributed by atoms with Gasteiger partial charge in [-0.15, -0.1) is 0 Å². The smallest absolute Gasteiger partial charge is 0.303 e. The number of carboxylic acid groups (broad SMARTS) is 1. The number of Topliss-reactive ketones (excluding diaryl/α,β-unsaturated/α-hetero) is 1. The summed E-state index contributed by atoms with van der Waals surface area (Å²) in [6.45, 7) is 0. The summed E-state index contributed by atoms with van der Waals surface area (Å²) in [5, 5.41) is 16.8. The molecule has 0 bridgehead atoms. The van der Waals surface area contributed by atoms with Crippen molar-refractivity contribution < 1.29 is 14.7 Å². The number of rotatable bonds is 4. The van der Waals surface area contributed by atoms with Crippen LogP contribution in [0.5, 0.6) is 0 Å². The van der Waals surface area contributed by atoms with Crippen molar-refractivity contribution >= 4 is 11.8 Å². The van der Waals surface area contributed by atoms with Gasteiger partial charge in [0.1, 0.15) is 0 Å². The van der Waals surface area contributed by atoms with E-state index in [1.54, 1.807) is 24.3 Å². The third-order valence-corrected chi connectivity index (χ3v) is 2.17. The largest absolute Gasteiger partial charge is 0.481 e. The Labute approximate surface area is 105 Å². The molecule has 0 radical (unpaired) electrons. The van der Waals surface area contributed by atoms with Gasteiger partial charge in [-0.05, 0) is 12.1 Å². The molecule has 0 fully saturated rings. The average Bonchev–Trinajstić information content (AvgIpc) is 2.37. The fourth-order valence-electron chi connectivity index (χ4n) is 1.29. The molecule has 18 heavy (non-hydrogen) atoms. The number of nitrogens with zero attached hydrogens (tertiary/aromatic N) is 1. The Morgan fingerprint density at radius 3 is 2.39 bits per heavy atom. The van der Waals surface area contributed by atoms with Crippen LogP contribution in [-0.2, 0) is 4.79 Å². The van der Waals surface area contributed by atoms with Crippen LogP contribution in [0.4, 0.5) is 0 Å². The van der Waals surface area contributed by atoms with Gasteiger partial charge in [0, 0.05) is 17.5 Å². The van der Waals surface area contributed by atoms with E-state index < -0.39 is 5.97 Å². The number of aliphatic carboxylic acids is 1. The van der Waals surface area contributed by atoms with Crippen LogP contribution in [0, 0.1) is 23.2 Å². The molecule has 1 aromatic carbocycles. The first kappa shape index (κ1) is 13.5. The maximum atomic E-state index is 11.6. The highest BCUT2D eigenvalue weighted by Crippen LogP contribution is 2.07. The van der Waals surface area contributed by atoms with Gasteiger partial charge in [0.25, 0.3) is 0 Å². The molecule has 0 aliphatic rings. The first-order chi connectivity index (χ1) is 8.63. The van der Waals surface area contributed by atoms with Crippen molar-refractivity contribution in [2.45, 2.75) is 19.3 Å². The topological polar surface area (TPSA) is 78.2 Å². The van der Waals surface area contributed by atoms with Crippen LogP contribution in [0.2, 0.25) is 0 Å². The maximum absolute atomic E-state index is 11.6. The molecule has 0 saturated carbocycles. The van der Waals surface area contributed by atoms with Gasteiger partial charge in [0.05, 0.1) is 18.9 Å². The van der Waals surface area contributed by atoms with E-state index in [4.69, 9.17) is 10.4 Å². The summed E-state index contributed by atoms with van der Waals surface area (Å²) in [6, 6.07) is 8.49. The fourth-order valence-corrected chi connectivity index (χ4v) is 1.29. The molecule has 0 aliphatic heterocycles. The van der Waals surface area contributed by atoms with E-state index in [0.29, 0.717) is 5.56 Å². The Balaban J connectivity index is 2.66.